The highest BCUT2D eigenvalue weighted by Gasteiger charge is 2.26. The first-order chi connectivity index (χ1) is 14.0. The molecule has 0 fully saturated rings. The van der Waals surface area contributed by atoms with Crippen LogP contribution in [0.15, 0.2) is 48.5 Å². The van der Waals surface area contributed by atoms with E-state index >= 15 is 0 Å². The number of hydrogen-bond acceptors (Lipinski definition) is 3. The average molecular weight is 389 g/mol. The summed E-state index contributed by atoms with van der Waals surface area (Å²) in [5, 5.41) is 7.81. The standard InChI is InChI=1S/C24H27N3O2/c1-16-23(17(2)27(26-16)15-18-7-5-4-6-8-18)25-24(28)21-10-9-20-14-22(29-3)12-11-19(20)13-21/h4-8,11-12,14,21H,9-10,13,15H2,1-3H3,(H,25,28). The van der Waals surface area contributed by atoms with Gasteiger partial charge in [-0.25, -0.2) is 0 Å². The van der Waals surface area contributed by atoms with E-state index in [0.717, 1.165) is 42.1 Å². The highest BCUT2D eigenvalue weighted by molar-refractivity contribution is 5.94. The maximum atomic E-state index is 13.0. The third kappa shape index (κ3) is 4.04. The monoisotopic (exact) mass is 389 g/mol. The van der Waals surface area contributed by atoms with Crippen molar-refractivity contribution in [2.24, 2.45) is 5.92 Å². The van der Waals surface area contributed by atoms with Crippen LogP contribution in [0.5, 0.6) is 5.75 Å². The van der Waals surface area contributed by atoms with Gasteiger partial charge in [0, 0.05) is 5.92 Å². The lowest BCUT2D eigenvalue weighted by Gasteiger charge is -2.24. The van der Waals surface area contributed by atoms with Gasteiger partial charge >= 0.3 is 0 Å². The number of nitrogens with zero attached hydrogens (tertiary/aromatic N) is 2. The predicted octanol–water partition coefficient (Wildman–Crippen LogP) is 4.30. The first kappa shape index (κ1) is 19.2. The molecule has 1 unspecified atom stereocenters. The molecule has 1 aliphatic rings. The largest absolute Gasteiger partial charge is 0.497 e. The molecular formula is C24H27N3O2. The van der Waals surface area contributed by atoms with Gasteiger partial charge < -0.3 is 10.1 Å². The third-order valence-corrected chi connectivity index (χ3v) is 5.82. The zero-order valence-corrected chi connectivity index (χ0v) is 17.2. The van der Waals surface area contributed by atoms with Crippen LogP contribution in [0.2, 0.25) is 0 Å². The summed E-state index contributed by atoms with van der Waals surface area (Å²) in [6.07, 6.45) is 2.51. The maximum absolute atomic E-state index is 13.0. The maximum Gasteiger partial charge on any atom is 0.227 e. The molecule has 4 rings (SSSR count). The molecular weight excluding hydrogens is 362 g/mol. The molecule has 5 heteroatoms. The number of fused-ring (bicyclic) bond motifs is 1. The number of carbonyl (C=O) groups excluding carboxylic acids is 1. The van der Waals surface area contributed by atoms with Crippen LogP contribution in [0.1, 0.15) is 34.5 Å². The molecule has 0 saturated carbocycles. The second-order valence-corrected chi connectivity index (χ2v) is 7.75. The molecule has 0 radical (unpaired) electrons. The second kappa shape index (κ2) is 8.11. The fraction of sp³-hybridized carbons (Fsp3) is 0.333. The molecule has 1 aliphatic carbocycles. The Morgan fingerprint density at radius 1 is 1.17 bits per heavy atom. The zero-order chi connectivity index (χ0) is 20.4. The van der Waals surface area contributed by atoms with E-state index in [4.69, 9.17) is 4.74 Å². The van der Waals surface area contributed by atoms with Gasteiger partial charge in [0.25, 0.3) is 0 Å². The summed E-state index contributed by atoms with van der Waals surface area (Å²) in [5.41, 5.74) is 6.40. The summed E-state index contributed by atoms with van der Waals surface area (Å²) >= 11 is 0. The van der Waals surface area contributed by atoms with E-state index in [1.165, 1.54) is 16.7 Å². The van der Waals surface area contributed by atoms with Crippen molar-refractivity contribution < 1.29 is 9.53 Å². The van der Waals surface area contributed by atoms with Crippen molar-refractivity contribution in [2.45, 2.75) is 39.7 Å². The van der Waals surface area contributed by atoms with Crippen LogP contribution in [0, 0.1) is 19.8 Å². The minimum atomic E-state index is -0.0211. The van der Waals surface area contributed by atoms with Crippen LogP contribution in [0.4, 0.5) is 5.69 Å². The van der Waals surface area contributed by atoms with Gasteiger partial charge in [-0.05, 0) is 61.9 Å². The van der Waals surface area contributed by atoms with Crippen molar-refractivity contribution in [3.63, 3.8) is 0 Å². The number of amides is 1. The van der Waals surface area contributed by atoms with Crippen LogP contribution < -0.4 is 10.1 Å². The summed E-state index contributed by atoms with van der Waals surface area (Å²) in [6, 6.07) is 16.4. The summed E-state index contributed by atoms with van der Waals surface area (Å²) in [4.78, 5) is 13.0. The van der Waals surface area contributed by atoms with Crippen LogP contribution in [-0.2, 0) is 24.2 Å². The minimum Gasteiger partial charge on any atom is -0.497 e. The molecule has 1 N–H and O–H groups in total. The van der Waals surface area contributed by atoms with E-state index in [0.29, 0.717) is 6.54 Å². The number of rotatable bonds is 5. The summed E-state index contributed by atoms with van der Waals surface area (Å²) in [5.74, 6) is 0.938. The first-order valence-corrected chi connectivity index (χ1v) is 10.1. The highest BCUT2D eigenvalue weighted by atomic mass is 16.5. The number of aromatic nitrogens is 2. The Kier molecular flexibility index (Phi) is 5.38. The van der Waals surface area contributed by atoms with Crippen LogP contribution in [-0.4, -0.2) is 22.8 Å². The molecule has 1 aromatic heterocycles. The quantitative estimate of drug-likeness (QED) is 0.708. The molecule has 0 bridgehead atoms. The third-order valence-electron chi connectivity index (χ3n) is 5.82. The van der Waals surface area contributed by atoms with Gasteiger partial charge in [0.15, 0.2) is 0 Å². The molecule has 29 heavy (non-hydrogen) atoms. The molecule has 1 heterocycles. The van der Waals surface area contributed by atoms with Crippen molar-refractivity contribution in [2.75, 3.05) is 12.4 Å². The molecule has 150 valence electrons. The molecule has 2 aromatic carbocycles. The van der Waals surface area contributed by atoms with Gasteiger partial charge in [0.2, 0.25) is 5.91 Å². The Morgan fingerprint density at radius 2 is 1.97 bits per heavy atom. The Balaban J connectivity index is 1.47. The number of anilines is 1. The number of hydrogen-bond donors (Lipinski definition) is 1. The summed E-state index contributed by atoms with van der Waals surface area (Å²) in [7, 11) is 1.68. The Morgan fingerprint density at radius 3 is 2.72 bits per heavy atom. The zero-order valence-electron chi connectivity index (χ0n) is 17.2. The van der Waals surface area contributed by atoms with Gasteiger partial charge in [-0.3, -0.25) is 9.48 Å². The Labute approximate surface area is 171 Å². The Bertz CT molecular complexity index is 1020. The minimum absolute atomic E-state index is 0.0211. The SMILES string of the molecule is COc1ccc2c(c1)CCC(C(=O)Nc1c(C)nn(Cc3ccccc3)c1C)C2. The van der Waals surface area contributed by atoms with Crippen molar-refractivity contribution in [1.82, 2.24) is 9.78 Å². The number of carbonyl (C=O) groups is 1. The van der Waals surface area contributed by atoms with Crippen molar-refractivity contribution in [3.8, 4) is 5.75 Å². The number of aryl methyl sites for hydroxylation is 2. The second-order valence-electron chi connectivity index (χ2n) is 7.75. The lowest BCUT2D eigenvalue weighted by molar-refractivity contribution is -0.120. The van der Waals surface area contributed by atoms with Gasteiger partial charge in [0.05, 0.1) is 30.7 Å². The molecule has 5 nitrogen and oxygen atoms in total. The molecule has 1 atom stereocenters. The number of methoxy groups -OCH3 is 1. The van der Waals surface area contributed by atoms with Crippen molar-refractivity contribution in [1.29, 1.82) is 0 Å². The fourth-order valence-electron chi connectivity index (χ4n) is 4.10. The van der Waals surface area contributed by atoms with E-state index in [1.54, 1.807) is 7.11 Å². The smallest absolute Gasteiger partial charge is 0.227 e. The normalized spacial score (nSPS) is 15.6. The number of nitrogens with one attached hydrogen (secondary N) is 1. The molecule has 0 spiro atoms. The molecule has 0 saturated heterocycles. The van der Waals surface area contributed by atoms with Crippen LogP contribution in [0.3, 0.4) is 0 Å². The van der Waals surface area contributed by atoms with Crippen molar-refractivity contribution >= 4 is 11.6 Å². The fourth-order valence-corrected chi connectivity index (χ4v) is 4.10. The number of benzene rings is 2. The van der Waals surface area contributed by atoms with Gasteiger partial charge in [0.1, 0.15) is 5.75 Å². The summed E-state index contributed by atoms with van der Waals surface area (Å²) in [6.45, 7) is 4.66. The van der Waals surface area contributed by atoms with E-state index < -0.39 is 0 Å². The van der Waals surface area contributed by atoms with Gasteiger partial charge in [-0.2, -0.15) is 5.10 Å². The Hall–Kier alpha value is -3.08. The lowest BCUT2D eigenvalue weighted by atomic mass is 9.83. The average Bonchev–Trinajstić information content (AvgIpc) is 3.01. The van der Waals surface area contributed by atoms with E-state index in [1.807, 2.05) is 42.8 Å². The van der Waals surface area contributed by atoms with Crippen LogP contribution >= 0.6 is 0 Å². The van der Waals surface area contributed by atoms with Crippen LogP contribution in [0.25, 0.3) is 0 Å². The van der Waals surface area contributed by atoms with E-state index in [2.05, 4.69) is 34.7 Å². The highest BCUT2D eigenvalue weighted by Crippen LogP contribution is 2.30. The van der Waals surface area contributed by atoms with Crippen molar-refractivity contribution in [3.05, 3.63) is 76.6 Å². The topological polar surface area (TPSA) is 56.1 Å². The molecule has 3 aromatic rings. The van der Waals surface area contributed by atoms with E-state index in [-0.39, 0.29) is 11.8 Å². The van der Waals surface area contributed by atoms with Gasteiger partial charge in [-0.1, -0.05) is 36.4 Å². The molecule has 0 aliphatic heterocycles. The number of ether oxygens (including phenoxy) is 1. The van der Waals surface area contributed by atoms with E-state index in [9.17, 15) is 4.79 Å². The summed E-state index contributed by atoms with van der Waals surface area (Å²) < 4.78 is 7.28. The van der Waals surface area contributed by atoms with Gasteiger partial charge in [-0.15, -0.1) is 0 Å². The molecule has 1 amide bonds. The first-order valence-electron chi connectivity index (χ1n) is 10.1. The lowest BCUT2D eigenvalue weighted by Crippen LogP contribution is -2.28. The predicted molar refractivity (Wildman–Crippen MR) is 114 cm³/mol.